The largest absolute Gasteiger partial charge is 0.489 e. The van der Waals surface area contributed by atoms with Crippen LogP contribution in [-0.2, 0) is 11.2 Å². The van der Waals surface area contributed by atoms with Crippen LogP contribution in [0.15, 0.2) is 37.1 Å². The second-order valence-electron chi connectivity index (χ2n) is 4.97. The van der Waals surface area contributed by atoms with Gasteiger partial charge >= 0.3 is 12.5 Å². The summed E-state index contributed by atoms with van der Waals surface area (Å²) in [6.07, 6.45) is 2.34. The molecule has 1 heterocycles. The molecule has 134 valence electrons. The van der Waals surface area contributed by atoms with Crippen LogP contribution in [0.1, 0.15) is 35.1 Å². The van der Waals surface area contributed by atoms with E-state index in [4.69, 9.17) is 9.47 Å². The van der Waals surface area contributed by atoms with Crippen LogP contribution >= 0.6 is 0 Å². The number of carbonyl (C=O) groups is 1. The molecule has 1 aromatic heterocycles. The number of rotatable bonds is 8. The first kappa shape index (κ1) is 18.6. The van der Waals surface area contributed by atoms with Crippen LogP contribution < -0.4 is 4.74 Å². The smallest absolute Gasteiger partial charge is 0.359 e. The highest BCUT2D eigenvalue weighted by atomic mass is 19.3. The summed E-state index contributed by atoms with van der Waals surface area (Å²) in [7, 11) is 0. The van der Waals surface area contributed by atoms with Gasteiger partial charge in [-0.15, -0.1) is 0 Å². The van der Waals surface area contributed by atoms with E-state index < -0.39 is 18.3 Å². The van der Waals surface area contributed by atoms with Gasteiger partial charge in [-0.2, -0.15) is 13.9 Å². The predicted molar refractivity (Wildman–Crippen MR) is 84.3 cm³/mol. The molecule has 0 aliphatic rings. The van der Waals surface area contributed by atoms with Gasteiger partial charge in [0.2, 0.25) is 0 Å². The van der Waals surface area contributed by atoms with Gasteiger partial charge in [-0.3, -0.25) is 0 Å². The van der Waals surface area contributed by atoms with Gasteiger partial charge in [0, 0.05) is 23.7 Å². The summed E-state index contributed by atoms with van der Waals surface area (Å²) in [6, 6.07) is 4.23. The maximum absolute atomic E-state index is 14.2. The quantitative estimate of drug-likeness (QED) is 0.535. The average Bonchev–Trinajstić information content (AvgIpc) is 3.00. The van der Waals surface area contributed by atoms with Gasteiger partial charge in [0.15, 0.2) is 5.69 Å². The third-order valence-corrected chi connectivity index (χ3v) is 3.28. The molecule has 25 heavy (non-hydrogen) atoms. The maximum Gasteiger partial charge on any atom is 0.359 e. The van der Waals surface area contributed by atoms with E-state index in [1.54, 1.807) is 13.0 Å². The van der Waals surface area contributed by atoms with E-state index in [2.05, 4.69) is 11.7 Å². The van der Waals surface area contributed by atoms with Crippen LogP contribution in [0.4, 0.5) is 13.2 Å². The van der Waals surface area contributed by atoms with Crippen molar-refractivity contribution in [1.82, 2.24) is 9.78 Å². The van der Waals surface area contributed by atoms with Crippen molar-refractivity contribution >= 4 is 5.97 Å². The number of hydrogen-bond acceptors (Lipinski definition) is 4. The summed E-state index contributed by atoms with van der Waals surface area (Å²) in [5.74, 6) is -1.19. The SMILES string of the molecule is C=CCOc1cccc(F)c1Cc1cn(C(F)F)nc1C(=O)OCC. The minimum Gasteiger partial charge on any atom is -0.489 e. The summed E-state index contributed by atoms with van der Waals surface area (Å²) in [6.45, 7) is 2.38. The second kappa shape index (κ2) is 8.36. The number of ether oxygens (including phenoxy) is 2. The lowest BCUT2D eigenvalue weighted by Gasteiger charge is -2.11. The van der Waals surface area contributed by atoms with E-state index >= 15 is 0 Å². The molecule has 0 unspecified atom stereocenters. The molecule has 8 heteroatoms. The number of halogens is 3. The number of carbonyl (C=O) groups excluding carboxylic acids is 1. The Morgan fingerprint density at radius 1 is 1.44 bits per heavy atom. The van der Waals surface area contributed by atoms with Crippen molar-refractivity contribution in [3.8, 4) is 5.75 Å². The van der Waals surface area contributed by atoms with Crippen molar-refractivity contribution < 1.29 is 27.4 Å². The molecule has 0 saturated carbocycles. The summed E-state index contributed by atoms with van der Waals surface area (Å²) in [4.78, 5) is 12.0. The molecular weight excluding hydrogens is 337 g/mol. The number of nitrogens with zero attached hydrogens (tertiary/aromatic N) is 2. The minimum atomic E-state index is -2.93. The lowest BCUT2D eigenvalue weighted by atomic mass is 10.0. The van der Waals surface area contributed by atoms with E-state index in [9.17, 15) is 18.0 Å². The number of esters is 1. The lowest BCUT2D eigenvalue weighted by Crippen LogP contribution is -2.10. The Balaban J connectivity index is 2.42. The molecule has 0 radical (unpaired) electrons. The fourth-order valence-electron chi connectivity index (χ4n) is 2.21. The van der Waals surface area contributed by atoms with E-state index in [-0.39, 0.29) is 42.2 Å². The van der Waals surface area contributed by atoms with Crippen LogP contribution in [0, 0.1) is 5.82 Å². The fourth-order valence-corrected chi connectivity index (χ4v) is 2.21. The normalized spacial score (nSPS) is 10.8. The van der Waals surface area contributed by atoms with Crippen LogP contribution in [0.25, 0.3) is 0 Å². The molecule has 0 aliphatic heterocycles. The molecule has 0 fully saturated rings. The summed E-state index contributed by atoms with van der Waals surface area (Å²) in [5, 5.41) is 3.56. The Bertz CT molecular complexity index is 760. The van der Waals surface area contributed by atoms with Crippen LogP contribution in [-0.4, -0.2) is 29.0 Å². The van der Waals surface area contributed by atoms with E-state index in [1.165, 1.54) is 18.2 Å². The first-order valence-corrected chi connectivity index (χ1v) is 7.52. The molecule has 0 bridgehead atoms. The Morgan fingerprint density at radius 3 is 2.84 bits per heavy atom. The van der Waals surface area contributed by atoms with E-state index in [0.717, 1.165) is 6.20 Å². The highest BCUT2D eigenvalue weighted by Gasteiger charge is 2.23. The Morgan fingerprint density at radius 2 is 2.20 bits per heavy atom. The number of aromatic nitrogens is 2. The first-order chi connectivity index (χ1) is 12.0. The molecule has 0 N–H and O–H groups in total. The maximum atomic E-state index is 14.2. The zero-order valence-corrected chi connectivity index (χ0v) is 13.5. The third-order valence-electron chi connectivity index (χ3n) is 3.28. The van der Waals surface area contributed by atoms with E-state index in [1.807, 2.05) is 0 Å². The van der Waals surface area contributed by atoms with Crippen molar-refractivity contribution in [3.05, 3.63) is 59.7 Å². The lowest BCUT2D eigenvalue weighted by molar-refractivity contribution is 0.0480. The Labute approximate surface area is 142 Å². The zero-order chi connectivity index (χ0) is 18.4. The van der Waals surface area contributed by atoms with Crippen molar-refractivity contribution in [2.24, 2.45) is 0 Å². The number of benzene rings is 1. The van der Waals surface area contributed by atoms with Gasteiger partial charge in [0.25, 0.3) is 0 Å². The number of alkyl halides is 2. The third kappa shape index (κ3) is 4.40. The van der Waals surface area contributed by atoms with E-state index in [0.29, 0.717) is 4.68 Å². The Hall–Kier alpha value is -2.77. The first-order valence-electron chi connectivity index (χ1n) is 7.52. The summed E-state index contributed by atoms with van der Waals surface area (Å²) >= 11 is 0. The molecule has 1 aromatic carbocycles. The Kier molecular flexibility index (Phi) is 6.21. The number of hydrogen-bond donors (Lipinski definition) is 0. The zero-order valence-electron chi connectivity index (χ0n) is 13.5. The van der Waals surface area contributed by atoms with Gasteiger partial charge in [-0.1, -0.05) is 18.7 Å². The highest BCUT2D eigenvalue weighted by Crippen LogP contribution is 2.27. The van der Waals surface area contributed by atoms with Gasteiger partial charge in [0.05, 0.1) is 6.61 Å². The van der Waals surface area contributed by atoms with Crippen LogP contribution in [0.2, 0.25) is 0 Å². The predicted octanol–water partition coefficient (Wildman–Crippen LogP) is 3.75. The summed E-state index contributed by atoms with van der Waals surface area (Å²) < 4.78 is 50.6. The molecule has 0 saturated heterocycles. The van der Waals surface area contributed by atoms with Gasteiger partial charge in [0.1, 0.15) is 18.2 Å². The van der Waals surface area contributed by atoms with Crippen LogP contribution in [0.3, 0.4) is 0 Å². The molecule has 0 atom stereocenters. The minimum absolute atomic E-state index is 0.0627. The average molecular weight is 354 g/mol. The summed E-state index contributed by atoms with van der Waals surface area (Å²) in [5.41, 5.74) is -0.0314. The molecule has 0 spiro atoms. The van der Waals surface area contributed by atoms with Gasteiger partial charge < -0.3 is 9.47 Å². The molecular formula is C17H17F3N2O3. The van der Waals surface area contributed by atoms with Crippen molar-refractivity contribution in [2.75, 3.05) is 13.2 Å². The molecule has 2 aromatic rings. The van der Waals surface area contributed by atoms with Crippen molar-refractivity contribution in [3.63, 3.8) is 0 Å². The monoisotopic (exact) mass is 354 g/mol. The fraction of sp³-hybridized carbons (Fsp3) is 0.294. The van der Waals surface area contributed by atoms with Gasteiger partial charge in [-0.05, 0) is 19.1 Å². The molecule has 0 amide bonds. The van der Waals surface area contributed by atoms with Crippen molar-refractivity contribution in [1.29, 1.82) is 0 Å². The van der Waals surface area contributed by atoms with Crippen molar-refractivity contribution in [2.45, 2.75) is 19.9 Å². The second-order valence-corrected chi connectivity index (χ2v) is 4.97. The highest BCUT2D eigenvalue weighted by molar-refractivity contribution is 5.89. The molecule has 0 aliphatic carbocycles. The van der Waals surface area contributed by atoms with Gasteiger partial charge in [-0.25, -0.2) is 13.9 Å². The topological polar surface area (TPSA) is 53.4 Å². The molecule has 2 rings (SSSR count). The standard InChI is InChI=1S/C17H17F3N2O3/c1-3-8-25-14-7-5-6-13(18)12(14)9-11-10-22(17(19)20)21-15(11)16(23)24-4-2/h3,5-7,10,17H,1,4,8-9H2,2H3. The molecule has 5 nitrogen and oxygen atoms in total. The van der Waals surface area contributed by atoms with Crippen LogP contribution in [0.5, 0.6) is 5.75 Å².